The second-order valence-electron chi connectivity index (χ2n) is 4.35. The van der Waals surface area contributed by atoms with Gasteiger partial charge in [-0.2, -0.15) is 11.8 Å². The molecule has 1 aromatic carbocycles. The number of benzene rings is 1. The maximum atomic E-state index is 13.0. The molecule has 0 saturated carbocycles. The smallest absolute Gasteiger partial charge is 0.254 e. The number of likely N-dealkylation sites (tertiary alicyclic amines) is 1. The summed E-state index contributed by atoms with van der Waals surface area (Å²) in [7, 11) is 0. The average molecular weight is 379 g/mol. The highest BCUT2D eigenvalue weighted by molar-refractivity contribution is 14.1. The number of hydrogen-bond acceptors (Lipinski definition) is 2. The molecule has 18 heavy (non-hydrogen) atoms. The summed E-state index contributed by atoms with van der Waals surface area (Å²) in [6.07, 6.45) is 4.21. The van der Waals surface area contributed by atoms with E-state index < -0.39 is 0 Å². The third-order valence-corrected chi connectivity index (χ3v) is 5.25. The van der Waals surface area contributed by atoms with Crippen molar-refractivity contribution in [3.8, 4) is 0 Å². The van der Waals surface area contributed by atoms with Crippen molar-refractivity contribution in [2.24, 2.45) is 0 Å². The van der Waals surface area contributed by atoms with E-state index >= 15 is 0 Å². The van der Waals surface area contributed by atoms with Gasteiger partial charge in [0, 0.05) is 21.9 Å². The molecule has 0 N–H and O–H groups in total. The highest BCUT2D eigenvalue weighted by Gasteiger charge is 2.24. The van der Waals surface area contributed by atoms with Crippen molar-refractivity contribution in [1.82, 2.24) is 4.90 Å². The summed E-state index contributed by atoms with van der Waals surface area (Å²) >= 11 is 3.89. The molecule has 0 atom stereocenters. The van der Waals surface area contributed by atoms with Crippen molar-refractivity contribution in [2.45, 2.75) is 18.1 Å². The lowest BCUT2D eigenvalue weighted by Gasteiger charge is -2.31. The van der Waals surface area contributed by atoms with Crippen LogP contribution in [0.4, 0.5) is 4.39 Å². The summed E-state index contributed by atoms with van der Waals surface area (Å²) in [5, 5.41) is 0.668. The van der Waals surface area contributed by atoms with Crippen LogP contribution in [0.15, 0.2) is 18.2 Å². The first-order valence-electron chi connectivity index (χ1n) is 5.89. The Bertz CT molecular complexity index is 447. The first-order valence-corrected chi connectivity index (χ1v) is 8.25. The summed E-state index contributed by atoms with van der Waals surface area (Å²) in [5.74, 6) is -0.268. The Labute approximate surface area is 124 Å². The van der Waals surface area contributed by atoms with Gasteiger partial charge in [-0.3, -0.25) is 4.79 Å². The minimum Gasteiger partial charge on any atom is -0.339 e. The van der Waals surface area contributed by atoms with E-state index in [0.29, 0.717) is 14.4 Å². The van der Waals surface area contributed by atoms with Gasteiger partial charge in [-0.15, -0.1) is 0 Å². The molecule has 5 heteroatoms. The van der Waals surface area contributed by atoms with Crippen molar-refractivity contribution in [1.29, 1.82) is 0 Å². The number of thioether (sulfide) groups is 1. The van der Waals surface area contributed by atoms with Gasteiger partial charge in [0.05, 0.1) is 5.56 Å². The fourth-order valence-corrected chi connectivity index (χ4v) is 3.52. The first kappa shape index (κ1) is 14.1. The number of carbonyl (C=O) groups excluding carboxylic acids is 1. The summed E-state index contributed by atoms with van der Waals surface area (Å²) in [6, 6.07) is 4.34. The monoisotopic (exact) mass is 379 g/mol. The molecule has 0 unspecified atom stereocenters. The maximum Gasteiger partial charge on any atom is 0.254 e. The molecule has 0 bridgehead atoms. The lowest BCUT2D eigenvalue weighted by molar-refractivity contribution is 0.0726. The zero-order valence-electron chi connectivity index (χ0n) is 10.2. The van der Waals surface area contributed by atoms with Crippen LogP contribution in [0.2, 0.25) is 0 Å². The van der Waals surface area contributed by atoms with Crippen LogP contribution < -0.4 is 0 Å². The van der Waals surface area contributed by atoms with Crippen LogP contribution in [0.3, 0.4) is 0 Å². The number of hydrogen-bond donors (Lipinski definition) is 0. The van der Waals surface area contributed by atoms with Crippen LogP contribution in [-0.4, -0.2) is 35.4 Å². The SMILES string of the molecule is CSC1CCN(C(=O)c2ccc(F)cc2I)CC1. The van der Waals surface area contributed by atoms with E-state index in [-0.39, 0.29) is 11.7 Å². The molecule has 1 fully saturated rings. The van der Waals surface area contributed by atoms with E-state index in [1.165, 1.54) is 12.1 Å². The maximum absolute atomic E-state index is 13.0. The summed E-state index contributed by atoms with van der Waals surface area (Å²) in [6.45, 7) is 1.61. The molecule has 0 spiro atoms. The molecule has 1 amide bonds. The summed E-state index contributed by atoms with van der Waals surface area (Å²) in [4.78, 5) is 14.2. The molecule has 2 rings (SSSR count). The number of piperidine rings is 1. The number of rotatable bonds is 2. The van der Waals surface area contributed by atoms with Gasteiger partial charge in [-0.25, -0.2) is 4.39 Å². The standard InChI is InChI=1S/C13H15FINOS/c1-18-10-4-6-16(7-5-10)13(17)11-3-2-9(14)8-12(11)15/h2-3,8,10H,4-7H2,1H3. The highest BCUT2D eigenvalue weighted by Crippen LogP contribution is 2.23. The molecule has 2 nitrogen and oxygen atoms in total. The number of halogens is 2. The Morgan fingerprint density at radius 3 is 2.67 bits per heavy atom. The van der Waals surface area contributed by atoms with E-state index in [1.807, 2.05) is 39.3 Å². The molecule has 1 heterocycles. The van der Waals surface area contributed by atoms with E-state index in [4.69, 9.17) is 0 Å². The van der Waals surface area contributed by atoms with Crippen molar-refractivity contribution in [3.63, 3.8) is 0 Å². The van der Waals surface area contributed by atoms with Gasteiger partial charge in [-0.1, -0.05) is 0 Å². The molecule has 98 valence electrons. The quantitative estimate of drug-likeness (QED) is 0.735. The molecular formula is C13H15FINOS. The van der Waals surface area contributed by atoms with Gasteiger partial charge in [0.2, 0.25) is 0 Å². The van der Waals surface area contributed by atoms with Gasteiger partial charge in [0.25, 0.3) is 5.91 Å². The molecule has 1 aromatic rings. The van der Waals surface area contributed by atoms with Gasteiger partial charge in [0.1, 0.15) is 5.82 Å². The van der Waals surface area contributed by atoms with E-state index in [9.17, 15) is 9.18 Å². The van der Waals surface area contributed by atoms with Crippen LogP contribution in [0.5, 0.6) is 0 Å². The van der Waals surface area contributed by atoms with Crippen LogP contribution in [0, 0.1) is 9.39 Å². The minimum absolute atomic E-state index is 0.0268. The lowest BCUT2D eigenvalue weighted by atomic mass is 10.1. The Hall–Kier alpha value is -0.300. The highest BCUT2D eigenvalue weighted by atomic mass is 127. The minimum atomic E-state index is -0.294. The van der Waals surface area contributed by atoms with Crippen LogP contribution in [0.1, 0.15) is 23.2 Å². The number of nitrogens with zero attached hydrogens (tertiary/aromatic N) is 1. The van der Waals surface area contributed by atoms with E-state index in [2.05, 4.69) is 6.26 Å². The van der Waals surface area contributed by atoms with Gasteiger partial charge >= 0.3 is 0 Å². The molecule has 1 saturated heterocycles. The molecule has 0 radical (unpaired) electrons. The lowest BCUT2D eigenvalue weighted by Crippen LogP contribution is -2.39. The Kier molecular flexibility index (Phi) is 4.89. The zero-order valence-corrected chi connectivity index (χ0v) is 13.1. The predicted molar refractivity (Wildman–Crippen MR) is 81.6 cm³/mol. The second-order valence-corrected chi connectivity index (χ2v) is 6.65. The molecule has 0 aromatic heterocycles. The second kappa shape index (κ2) is 6.23. The number of carbonyl (C=O) groups is 1. The predicted octanol–water partition coefficient (Wildman–Crippen LogP) is 3.40. The average Bonchev–Trinajstić information content (AvgIpc) is 2.38. The molecular weight excluding hydrogens is 364 g/mol. The van der Waals surface area contributed by atoms with E-state index in [1.54, 1.807) is 6.07 Å². The Morgan fingerprint density at radius 1 is 1.44 bits per heavy atom. The largest absolute Gasteiger partial charge is 0.339 e. The molecule has 0 aliphatic carbocycles. The zero-order chi connectivity index (χ0) is 13.1. The topological polar surface area (TPSA) is 20.3 Å². The number of amides is 1. The molecule has 1 aliphatic heterocycles. The summed E-state index contributed by atoms with van der Waals surface area (Å²) in [5.41, 5.74) is 0.611. The third kappa shape index (κ3) is 3.17. The van der Waals surface area contributed by atoms with Gasteiger partial charge in [-0.05, 0) is 59.9 Å². The van der Waals surface area contributed by atoms with Crippen LogP contribution in [0.25, 0.3) is 0 Å². The Morgan fingerprint density at radius 2 is 2.11 bits per heavy atom. The normalized spacial score (nSPS) is 16.9. The first-order chi connectivity index (χ1) is 8.61. The van der Waals surface area contributed by atoms with E-state index in [0.717, 1.165) is 25.9 Å². The van der Waals surface area contributed by atoms with Crippen LogP contribution in [-0.2, 0) is 0 Å². The Balaban J connectivity index is 2.08. The van der Waals surface area contributed by atoms with Crippen molar-refractivity contribution in [3.05, 3.63) is 33.1 Å². The van der Waals surface area contributed by atoms with Crippen molar-refractivity contribution >= 4 is 40.3 Å². The van der Waals surface area contributed by atoms with Crippen LogP contribution >= 0.6 is 34.4 Å². The summed E-state index contributed by atoms with van der Waals surface area (Å²) < 4.78 is 13.7. The fourth-order valence-electron chi connectivity index (χ4n) is 2.13. The van der Waals surface area contributed by atoms with Gasteiger partial charge < -0.3 is 4.90 Å². The fraction of sp³-hybridized carbons (Fsp3) is 0.462. The van der Waals surface area contributed by atoms with Gasteiger partial charge in [0.15, 0.2) is 0 Å². The third-order valence-electron chi connectivity index (χ3n) is 3.22. The van der Waals surface area contributed by atoms with Crippen molar-refractivity contribution < 1.29 is 9.18 Å². The van der Waals surface area contributed by atoms with Crippen molar-refractivity contribution in [2.75, 3.05) is 19.3 Å². The molecule has 1 aliphatic rings.